The summed E-state index contributed by atoms with van der Waals surface area (Å²) in [7, 11) is 1.54. The van der Waals surface area contributed by atoms with Crippen molar-refractivity contribution in [2.75, 3.05) is 26.7 Å². The van der Waals surface area contributed by atoms with Gasteiger partial charge in [0.1, 0.15) is 6.04 Å². The number of rotatable bonds is 2. The summed E-state index contributed by atoms with van der Waals surface area (Å²) in [6.07, 6.45) is 0. The zero-order valence-corrected chi connectivity index (χ0v) is 7.86. The van der Waals surface area contributed by atoms with Gasteiger partial charge in [-0.25, -0.2) is 4.79 Å². The van der Waals surface area contributed by atoms with Crippen molar-refractivity contribution in [3.8, 4) is 0 Å². The van der Waals surface area contributed by atoms with Crippen LogP contribution in [0.15, 0.2) is 0 Å². The highest BCUT2D eigenvalue weighted by Gasteiger charge is 2.33. The van der Waals surface area contributed by atoms with E-state index in [9.17, 15) is 9.59 Å². The second kappa shape index (κ2) is 3.74. The first-order chi connectivity index (χ1) is 6.06. The van der Waals surface area contributed by atoms with Gasteiger partial charge in [0.25, 0.3) is 0 Å². The number of hydrogen-bond donors (Lipinski definition) is 1. The number of amides is 1. The quantitative estimate of drug-likeness (QED) is 0.615. The van der Waals surface area contributed by atoms with Crippen molar-refractivity contribution >= 4 is 11.9 Å². The molecule has 1 amide bonds. The lowest BCUT2D eigenvalue weighted by molar-refractivity contribution is -0.154. The highest BCUT2D eigenvalue weighted by atomic mass is 16.4. The molecule has 1 heterocycles. The molecule has 0 aromatic rings. The van der Waals surface area contributed by atoms with Gasteiger partial charge in [-0.3, -0.25) is 9.69 Å². The van der Waals surface area contributed by atoms with Gasteiger partial charge in [-0.2, -0.15) is 0 Å². The van der Waals surface area contributed by atoms with Crippen molar-refractivity contribution < 1.29 is 14.7 Å². The van der Waals surface area contributed by atoms with E-state index >= 15 is 0 Å². The maximum Gasteiger partial charge on any atom is 0.327 e. The Labute approximate surface area is 76.9 Å². The van der Waals surface area contributed by atoms with Gasteiger partial charge in [0.2, 0.25) is 5.91 Å². The zero-order chi connectivity index (χ0) is 10.0. The highest BCUT2D eigenvalue weighted by Crippen LogP contribution is 2.08. The summed E-state index contributed by atoms with van der Waals surface area (Å²) in [5.41, 5.74) is 0. The van der Waals surface area contributed by atoms with Gasteiger partial charge in [-0.15, -0.1) is 0 Å². The molecule has 0 aliphatic carbocycles. The summed E-state index contributed by atoms with van der Waals surface area (Å²) < 4.78 is 0. The predicted molar refractivity (Wildman–Crippen MR) is 46.3 cm³/mol. The van der Waals surface area contributed by atoms with E-state index in [0.29, 0.717) is 19.6 Å². The fraction of sp³-hybridized carbons (Fsp3) is 0.750. The first-order valence-corrected chi connectivity index (χ1v) is 4.27. The third-order valence-electron chi connectivity index (χ3n) is 2.38. The monoisotopic (exact) mass is 186 g/mol. The summed E-state index contributed by atoms with van der Waals surface area (Å²) in [6.45, 7) is 3.38. The van der Waals surface area contributed by atoms with Gasteiger partial charge in [-0.1, -0.05) is 6.92 Å². The van der Waals surface area contributed by atoms with Crippen LogP contribution in [0.4, 0.5) is 0 Å². The maximum absolute atomic E-state index is 11.3. The lowest BCUT2D eigenvalue weighted by Crippen LogP contribution is -2.57. The first kappa shape index (κ1) is 9.98. The number of carbonyl (C=O) groups is 2. The Morgan fingerprint density at radius 1 is 1.69 bits per heavy atom. The van der Waals surface area contributed by atoms with Gasteiger partial charge in [0.05, 0.1) is 6.54 Å². The molecule has 5 heteroatoms. The molecule has 0 spiro atoms. The minimum absolute atomic E-state index is 0.125. The number of carboxylic acid groups (broad SMARTS) is 1. The van der Waals surface area contributed by atoms with Gasteiger partial charge in [-0.05, 0) is 6.54 Å². The molecule has 1 atom stereocenters. The average molecular weight is 186 g/mol. The van der Waals surface area contributed by atoms with E-state index in [0.717, 1.165) is 0 Å². The summed E-state index contributed by atoms with van der Waals surface area (Å²) in [5, 5.41) is 8.82. The number of carboxylic acids is 1. The molecular weight excluding hydrogens is 172 g/mol. The van der Waals surface area contributed by atoms with Crippen molar-refractivity contribution in [2.24, 2.45) is 0 Å². The number of nitrogens with zero attached hydrogens (tertiary/aromatic N) is 2. The normalized spacial score (nSPS) is 24.9. The molecule has 1 saturated heterocycles. The van der Waals surface area contributed by atoms with Crippen LogP contribution in [0, 0.1) is 0 Å². The lowest BCUT2D eigenvalue weighted by atomic mass is 10.2. The predicted octanol–water partition coefficient (Wildman–Crippen LogP) is -0.766. The van der Waals surface area contributed by atoms with Crippen LogP contribution >= 0.6 is 0 Å². The third-order valence-corrected chi connectivity index (χ3v) is 2.38. The smallest absolute Gasteiger partial charge is 0.327 e. The van der Waals surface area contributed by atoms with Crippen LogP contribution in [0.25, 0.3) is 0 Å². The van der Waals surface area contributed by atoms with Gasteiger partial charge < -0.3 is 10.0 Å². The lowest BCUT2D eigenvalue weighted by Gasteiger charge is -2.36. The van der Waals surface area contributed by atoms with E-state index in [2.05, 4.69) is 0 Å². The van der Waals surface area contributed by atoms with E-state index < -0.39 is 12.0 Å². The molecule has 0 aromatic heterocycles. The second-order valence-corrected chi connectivity index (χ2v) is 3.19. The molecule has 1 fully saturated rings. The van der Waals surface area contributed by atoms with Crippen LogP contribution < -0.4 is 0 Å². The molecule has 1 rings (SSSR count). The van der Waals surface area contributed by atoms with Gasteiger partial charge in [0.15, 0.2) is 0 Å². The summed E-state index contributed by atoms with van der Waals surface area (Å²) in [4.78, 5) is 25.2. The van der Waals surface area contributed by atoms with Gasteiger partial charge >= 0.3 is 5.97 Å². The van der Waals surface area contributed by atoms with E-state index in [-0.39, 0.29) is 5.91 Å². The van der Waals surface area contributed by atoms with E-state index in [1.807, 2.05) is 11.8 Å². The molecule has 0 aromatic carbocycles. The van der Waals surface area contributed by atoms with Gasteiger partial charge in [0, 0.05) is 13.6 Å². The number of likely N-dealkylation sites (N-methyl/N-ethyl adjacent to an activating group) is 2. The SMILES string of the molecule is CCN1CC(=O)N(C)C(C(=O)O)C1. The number of piperazine rings is 1. The van der Waals surface area contributed by atoms with E-state index in [1.54, 1.807) is 0 Å². The molecule has 0 saturated carbocycles. The minimum Gasteiger partial charge on any atom is -0.480 e. The molecule has 74 valence electrons. The number of carbonyl (C=O) groups excluding carboxylic acids is 1. The molecule has 0 radical (unpaired) electrons. The van der Waals surface area contributed by atoms with Crippen LogP contribution in [0.5, 0.6) is 0 Å². The molecule has 5 nitrogen and oxygen atoms in total. The molecular formula is C8H14N2O3. The Hall–Kier alpha value is -1.10. The first-order valence-electron chi connectivity index (χ1n) is 4.27. The summed E-state index contributed by atoms with van der Waals surface area (Å²) >= 11 is 0. The Balaban J connectivity index is 2.72. The molecule has 1 aliphatic rings. The molecule has 1 unspecified atom stereocenters. The fourth-order valence-electron chi connectivity index (χ4n) is 1.39. The zero-order valence-electron chi connectivity index (χ0n) is 7.86. The molecule has 0 bridgehead atoms. The van der Waals surface area contributed by atoms with E-state index in [1.165, 1.54) is 11.9 Å². The number of aliphatic carboxylic acids is 1. The van der Waals surface area contributed by atoms with Crippen LogP contribution in [0.1, 0.15) is 6.92 Å². The largest absolute Gasteiger partial charge is 0.480 e. The maximum atomic E-state index is 11.3. The highest BCUT2D eigenvalue weighted by molar-refractivity contribution is 5.86. The van der Waals surface area contributed by atoms with Crippen molar-refractivity contribution in [3.63, 3.8) is 0 Å². The standard InChI is InChI=1S/C8H14N2O3/c1-3-10-4-6(8(12)13)9(2)7(11)5-10/h6H,3-5H2,1-2H3,(H,12,13). The van der Waals surface area contributed by atoms with Crippen LogP contribution in [0.3, 0.4) is 0 Å². The van der Waals surface area contributed by atoms with Crippen molar-refractivity contribution in [2.45, 2.75) is 13.0 Å². The second-order valence-electron chi connectivity index (χ2n) is 3.19. The topological polar surface area (TPSA) is 60.9 Å². The van der Waals surface area contributed by atoms with Crippen LogP contribution in [-0.2, 0) is 9.59 Å². The van der Waals surface area contributed by atoms with Crippen LogP contribution in [-0.4, -0.2) is 59.5 Å². The van der Waals surface area contributed by atoms with Crippen LogP contribution in [0.2, 0.25) is 0 Å². The summed E-state index contributed by atoms with van der Waals surface area (Å²) in [6, 6.07) is -0.693. The summed E-state index contributed by atoms with van der Waals surface area (Å²) in [5.74, 6) is -1.06. The van der Waals surface area contributed by atoms with Crippen molar-refractivity contribution in [1.82, 2.24) is 9.80 Å². The number of hydrogen-bond acceptors (Lipinski definition) is 3. The fourth-order valence-corrected chi connectivity index (χ4v) is 1.39. The van der Waals surface area contributed by atoms with Crippen molar-refractivity contribution in [1.29, 1.82) is 0 Å². The Kier molecular flexibility index (Phi) is 2.87. The molecule has 13 heavy (non-hydrogen) atoms. The minimum atomic E-state index is -0.936. The Morgan fingerprint density at radius 3 is 2.77 bits per heavy atom. The molecule has 1 aliphatic heterocycles. The van der Waals surface area contributed by atoms with E-state index in [4.69, 9.17) is 5.11 Å². The Morgan fingerprint density at radius 2 is 2.31 bits per heavy atom. The average Bonchev–Trinajstić information content (AvgIpc) is 2.09. The van der Waals surface area contributed by atoms with Crippen molar-refractivity contribution in [3.05, 3.63) is 0 Å². The molecule has 1 N–H and O–H groups in total. The third kappa shape index (κ3) is 1.98. The Bertz CT molecular complexity index is 229.